The number of aromatic nitrogens is 1. The van der Waals surface area contributed by atoms with E-state index in [1.54, 1.807) is 6.92 Å². The van der Waals surface area contributed by atoms with Crippen molar-refractivity contribution in [1.29, 1.82) is 0 Å². The topological polar surface area (TPSA) is 69.7 Å². The Morgan fingerprint density at radius 1 is 1.17 bits per heavy atom. The van der Waals surface area contributed by atoms with Gasteiger partial charge in [-0.3, -0.25) is 10.2 Å². The summed E-state index contributed by atoms with van der Waals surface area (Å²) in [5.41, 5.74) is 0.608. The molecule has 194 valence electrons. The molecule has 2 amide bonds. The van der Waals surface area contributed by atoms with Crippen molar-refractivity contribution in [3.63, 3.8) is 0 Å². The van der Waals surface area contributed by atoms with Gasteiger partial charge in [-0.15, -0.1) is 0 Å². The first-order valence-corrected chi connectivity index (χ1v) is 13.2. The molecule has 12 heteroatoms. The molecule has 1 fully saturated rings. The van der Waals surface area contributed by atoms with Crippen LogP contribution >= 0.6 is 34.5 Å². The van der Waals surface area contributed by atoms with Crippen molar-refractivity contribution < 1.29 is 18.3 Å². The predicted octanol–water partition coefficient (Wildman–Crippen LogP) is 5.78. The fourth-order valence-electron chi connectivity index (χ4n) is 4.04. The van der Waals surface area contributed by atoms with Crippen LogP contribution in [0.15, 0.2) is 24.3 Å². The summed E-state index contributed by atoms with van der Waals surface area (Å²) in [5, 5.41) is 5.92. The second-order valence-corrected chi connectivity index (χ2v) is 10.3. The van der Waals surface area contributed by atoms with Crippen molar-refractivity contribution >= 4 is 55.9 Å². The standard InChI is InChI=1S/C24H27Cl2F2N5O2S/c1-3-32-8-10-33(11-9-32)7-6-29-23(34)31-24-30-18-12-17(28)19(13-20(18)36-24)35-14(2)21-15(25)4-5-16(27)22(21)26/h4-5,12-14H,3,6-11H2,1-2H3,(H2,29,30,31,34)/t14-/m1/s1. The van der Waals surface area contributed by atoms with Crippen LogP contribution in [0.1, 0.15) is 25.5 Å². The molecule has 0 unspecified atom stereocenters. The molecule has 0 bridgehead atoms. The van der Waals surface area contributed by atoms with E-state index < -0.39 is 17.7 Å². The maximum atomic E-state index is 14.7. The number of ether oxygens (including phenoxy) is 1. The largest absolute Gasteiger partial charge is 0.483 e. The molecule has 1 aliphatic rings. The van der Waals surface area contributed by atoms with E-state index in [4.69, 9.17) is 27.9 Å². The summed E-state index contributed by atoms with van der Waals surface area (Å²) in [6, 6.07) is 4.86. The van der Waals surface area contributed by atoms with Gasteiger partial charge in [-0.25, -0.2) is 18.6 Å². The summed E-state index contributed by atoms with van der Waals surface area (Å²) in [4.78, 5) is 21.3. The molecule has 7 nitrogen and oxygen atoms in total. The Balaban J connectivity index is 1.36. The van der Waals surface area contributed by atoms with E-state index in [1.165, 1.54) is 29.5 Å². The van der Waals surface area contributed by atoms with Gasteiger partial charge in [0.05, 0.1) is 15.2 Å². The molecule has 4 rings (SSSR count). The molecule has 1 aromatic heterocycles. The van der Waals surface area contributed by atoms with Crippen LogP contribution in [0.5, 0.6) is 5.75 Å². The zero-order chi connectivity index (χ0) is 25.8. The summed E-state index contributed by atoms with van der Waals surface area (Å²) in [6.07, 6.45) is -0.811. The Hall–Kier alpha value is -2.24. The number of anilines is 1. The van der Waals surface area contributed by atoms with E-state index in [2.05, 4.69) is 32.3 Å². The van der Waals surface area contributed by atoms with Crippen molar-refractivity contribution in [2.24, 2.45) is 0 Å². The van der Waals surface area contributed by atoms with Gasteiger partial charge in [0.1, 0.15) is 11.9 Å². The smallest absolute Gasteiger partial charge is 0.321 e. The lowest BCUT2D eigenvalue weighted by molar-refractivity contribution is 0.138. The molecule has 0 saturated carbocycles. The van der Waals surface area contributed by atoms with Crippen LogP contribution in [0.3, 0.4) is 0 Å². The van der Waals surface area contributed by atoms with Gasteiger partial charge in [-0.05, 0) is 25.6 Å². The molecule has 36 heavy (non-hydrogen) atoms. The number of nitrogens with zero attached hydrogens (tertiary/aromatic N) is 3. The molecule has 1 aliphatic heterocycles. The minimum atomic E-state index is -0.811. The quantitative estimate of drug-likeness (QED) is 0.343. The van der Waals surface area contributed by atoms with Gasteiger partial charge in [0.15, 0.2) is 16.7 Å². The maximum absolute atomic E-state index is 14.7. The Bertz CT molecular complexity index is 1240. The first-order valence-electron chi connectivity index (χ1n) is 11.6. The molecule has 1 atom stereocenters. The highest BCUT2D eigenvalue weighted by Gasteiger charge is 2.21. The number of carbonyl (C=O) groups excluding carboxylic acids is 1. The zero-order valence-corrected chi connectivity index (χ0v) is 22.2. The van der Waals surface area contributed by atoms with Gasteiger partial charge in [0.25, 0.3) is 0 Å². The molecular formula is C24H27Cl2F2N5O2S. The Morgan fingerprint density at radius 2 is 1.89 bits per heavy atom. The van der Waals surface area contributed by atoms with Gasteiger partial charge < -0.3 is 15.0 Å². The Kier molecular flexibility index (Phi) is 8.84. The number of piperazine rings is 1. The first kappa shape index (κ1) is 26.8. The number of urea groups is 1. The average Bonchev–Trinajstić information content (AvgIpc) is 3.23. The minimum absolute atomic E-state index is 0.0609. The van der Waals surface area contributed by atoms with Gasteiger partial charge in [-0.1, -0.05) is 41.5 Å². The van der Waals surface area contributed by atoms with Crippen LogP contribution in [-0.2, 0) is 0 Å². The van der Waals surface area contributed by atoms with Crippen LogP contribution in [0.4, 0.5) is 18.7 Å². The lowest BCUT2D eigenvalue weighted by Gasteiger charge is -2.33. The fourth-order valence-corrected chi connectivity index (χ4v) is 5.59. The van der Waals surface area contributed by atoms with Gasteiger partial charge >= 0.3 is 6.03 Å². The summed E-state index contributed by atoms with van der Waals surface area (Å²) in [7, 11) is 0. The number of rotatable bonds is 8. The molecule has 2 aromatic carbocycles. The summed E-state index contributed by atoms with van der Waals surface area (Å²) >= 11 is 13.4. The fraction of sp³-hybridized carbons (Fsp3) is 0.417. The number of hydrogen-bond acceptors (Lipinski definition) is 6. The van der Waals surface area contributed by atoms with Gasteiger partial charge in [0, 0.05) is 62.0 Å². The lowest BCUT2D eigenvalue weighted by Crippen LogP contribution is -2.48. The Morgan fingerprint density at radius 3 is 2.61 bits per heavy atom. The van der Waals surface area contributed by atoms with Gasteiger partial charge in [-0.2, -0.15) is 0 Å². The van der Waals surface area contributed by atoms with Crippen LogP contribution in [0, 0.1) is 11.6 Å². The number of amides is 2. The van der Waals surface area contributed by atoms with E-state index in [0.717, 1.165) is 45.3 Å². The number of halogens is 4. The van der Waals surface area contributed by atoms with E-state index in [0.29, 0.717) is 21.9 Å². The van der Waals surface area contributed by atoms with Crippen molar-refractivity contribution in [2.45, 2.75) is 20.0 Å². The lowest BCUT2D eigenvalue weighted by atomic mass is 10.1. The number of nitrogens with one attached hydrogen (secondary N) is 2. The zero-order valence-electron chi connectivity index (χ0n) is 19.9. The van der Waals surface area contributed by atoms with E-state index in [-0.39, 0.29) is 27.4 Å². The maximum Gasteiger partial charge on any atom is 0.321 e. The Labute approximate surface area is 222 Å². The molecule has 0 spiro atoms. The summed E-state index contributed by atoms with van der Waals surface area (Å²) < 4.78 is 35.0. The number of likely N-dealkylation sites (N-methyl/N-ethyl adjacent to an activating group) is 1. The molecule has 2 heterocycles. The van der Waals surface area contributed by atoms with Crippen LogP contribution in [-0.4, -0.2) is 66.6 Å². The predicted molar refractivity (Wildman–Crippen MR) is 141 cm³/mol. The van der Waals surface area contributed by atoms with E-state index >= 15 is 0 Å². The van der Waals surface area contributed by atoms with Crippen molar-refractivity contribution in [2.75, 3.05) is 51.1 Å². The molecule has 3 aromatic rings. The van der Waals surface area contributed by atoms with Crippen LogP contribution in [0.25, 0.3) is 10.2 Å². The number of fused-ring (bicyclic) bond motifs is 1. The molecule has 0 radical (unpaired) electrons. The van der Waals surface area contributed by atoms with Crippen molar-refractivity contribution in [1.82, 2.24) is 20.1 Å². The SMILES string of the molecule is CCN1CCN(CCNC(=O)Nc2nc3cc(F)c(O[C@H](C)c4c(Cl)ccc(F)c4Cl)cc3s2)CC1. The molecule has 2 N–H and O–H groups in total. The van der Waals surface area contributed by atoms with Gasteiger partial charge in [0.2, 0.25) is 0 Å². The third-order valence-corrected chi connectivity index (χ3v) is 7.73. The molecular weight excluding hydrogens is 531 g/mol. The van der Waals surface area contributed by atoms with Crippen LogP contribution in [0.2, 0.25) is 10.0 Å². The number of hydrogen-bond donors (Lipinski definition) is 2. The third kappa shape index (κ3) is 6.36. The molecule has 1 saturated heterocycles. The highest BCUT2D eigenvalue weighted by Crippen LogP contribution is 2.37. The third-order valence-electron chi connectivity index (χ3n) is 6.08. The highest BCUT2D eigenvalue weighted by molar-refractivity contribution is 7.22. The second kappa shape index (κ2) is 11.9. The highest BCUT2D eigenvalue weighted by atomic mass is 35.5. The van der Waals surface area contributed by atoms with E-state index in [1.807, 2.05) is 0 Å². The first-order chi connectivity index (χ1) is 17.2. The van der Waals surface area contributed by atoms with Crippen molar-refractivity contribution in [3.8, 4) is 5.75 Å². The van der Waals surface area contributed by atoms with E-state index in [9.17, 15) is 13.6 Å². The average molecular weight is 558 g/mol. The minimum Gasteiger partial charge on any atom is -0.483 e. The van der Waals surface area contributed by atoms with Crippen LogP contribution < -0.4 is 15.4 Å². The summed E-state index contributed by atoms with van der Waals surface area (Å²) in [6.45, 7) is 10.2. The normalized spacial score (nSPS) is 15.7. The number of carbonyl (C=O) groups is 1. The monoisotopic (exact) mass is 557 g/mol. The molecule has 0 aliphatic carbocycles. The number of thiazole rings is 1. The second-order valence-electron chi connectivity index (χ2n) is 8.44. The van der Waals surface area contributed by atoms with Crippen molar-refractivity contribution in [3.05, 3.63) is 51.5 Å². The summed E-state index contributed by atoms with van der Waals surface area (Å²) in [5.74, 6) is -1.35. The number of benzene rings is 2.